The van der Waals surface area contributed by atoms with E-state index < -0.39 is 0 Å². The number of hydrogen-bond acceptors (Lipinski definition) is 4. The number of hydrogen-bond donors (Lipinski definition) is 2. The van der Waals surface area contributed by atoms with E-state index in [9.17, 15) is 0 Å². The van der Waals surface area contributed by atoms with Crippen LogP contribution in [-0.2, 0) is 5.41 Å². The Kier molecular flexibility index (Phi) is 5.21. The lowest BCUT2D eigenvalue weighted by molar-refractivity contribution is 0.592. The topological polar surface area (TPSA) is 49.8 Å². The zero-order chi connectivity index (χ0) is 18.6. The molecule has 1 atom stereocenters. The van der Waals surface area contributed by atoms with Crippen LogP contribution in [0, 0.1) is 0 Å². The van der Waals surface area contributed by atoms with E-state index in [0.29, 0.717) is 5.95 Å². The minimum atomic E-state index is 0.0551. The summed E-state index contributed by atoms with van der Waals surface area (Å²) in [6.45, 7) is 8.74. The van der Waals surface area contributed by atoms with Crippen LogP contribution in [0.25, 0.3) is 0 Å². The standard InChI is InChI=1S/C22H26N4/c1-16(17-10-6-5-7-11-17)24-21-23-15-14-20(26-21)25-19-13-9-8-12-18(19)22(2,3)4/h5-16H,1-4H3,(H2,23,24,25,26). The van der Waals surface area contributed by atoms with Crippen LogP contribution >= 0.6 is 0 Å². The summed E-state index contributed by atoms with van der Waals surface area (Å²) in [5.74, 6) is 1.39. The zero-order valence-corrected chi connectivity index (χ0v) is 15.8. The van der Waals surface area contributed by atoms with Gasteiger partial charge < -0.3 is 10.6 Å². The summed E-state index contributed by atoms with van der Waals surface area (Å²) in [4.78, 5) is 8.98. The Hall–Kier alpha value is -2.88. The van der Waals surface area contributed by atoms with Crippen molar-refractivity contribution in [2.45, 2.75) is 39.2 Å². The van der Waals surface area contributed by atoms with Crippen LogP contribution < -0.4 is 10.6 Å². The summed E-state index contributed by atoms with van der Waals surface area (Å²) in [6, 6.07) is 20.7. The molecule has 0 saturated heterocycles. The second-order valence-corrected chi connectivity index (χ2v) is 7.46. The number of aromatic nitrogens is 2. The highest BCUT2D eigenvalue weighted by Crippen LogP contribution is 2.31. The largest absolute Gasteiger partial charge is 0.348 e. The quantitative estimate of drug-likeness (QED) is 0.623. The van der Waals surface area contributed by atoms with E-state index in [2.05, 4.69) is 78.6 Å². The Labute approximate surface area is 155 Å². The highest BCUT2D eigenvalue weighted by atomic mass is 15.1. The summed E-state index contributed by atoms with van der Waals surface area (Å²) in [5.41, 5.74) is 3.58. The molecule has 134 valence electrons. The van der Waals surface area contributed by atoms with Gasteiger partial charge in [-0.2, -0.15) is 4.98 Å². The molecule has 2 aromatic carbocycles. The average Bonchev–Trinajstić information content (AvgIpc) is 2.62. The third kappa shape index (κ3) is 4.39. The number of nitrogens with one attached hydrogen (secondary N) is 2. The molecule has 1 heterocycles. The molecule has 0 saturated carbocycles. The lowest BCUT2D eigenvalue weighted by Gasteiger charge is -2.23. The number of anilines is 3. The van der Waals surface area contributed by atoms with Gasteiger partial charge in [0.1, 0.15) is 5.82 Å². The second-order valence-electron chi connectivity index (χ2n) is 7.46. The Morgan fingerprint density at radius 2 is 1.58 bits per heavy atom. The third-order valence-electron chi connectivity index (χ3n) is 4.30. The van der Waals surface area contributed by atoms with Gasteiger partial charge in [0.25, 0.3) is 0 Å². The van der Waals surface area contributed by atoms with Gasteiger partial charge in [-0.1, -0.05) is 69.3 Å². The fraction of sp³-hybridized carbons (Fsp3) is 0.273. The van der Waals surface area contributed by atoms with Crippen molar-refractivity contribution in [2.24, 2.45) is 0 Å². The Balaban J connectivity index is 1.79. The van der Waals surface area contributed by atoms with Gasteiger partial charge in [0.15, 0.2) is 0 Å². The van der Waals surface area contributed by atoms with Crippen LogP contribution in [-0.4, -0.2) is 9.97 Å². The molecule has 4 nitrogen and oxygen atoms in total. The van der Waals surface area contributed by atoms with Crippen molar-refractivity contribution in [3.8, 4) is 0 Å². The van der Waals surface area contributed by atoms with Crippen molar-refractivity contribution >= 4 is 17.5 Å². The SMILES string of the molecule is CC(Nc1nccc(Nc2ccccc2C(C)(C)C)n1)c1ccccc1. The third-order valence-corrected chi connectivity index (χ3v) is 4.30. The molecule has 0 amide bonds. The fourth-order valence-electron chi connectivity index (χ4n) is 2.90. The van der Waals surface area contributed by atoms with E-state index in [1.54, 1.807) is 6.20 Å². The molecular weight excluding hydrogens is 320 g/mol. The Bertz CT molecular complexity index is 853. The van der Waals surface area contributed by atoms with Crippen molar-refractivity contribution in [2.75, 3.05) is 10.6 Å². The number of para-hydroxylation sites is 1. The van der Waals surface area contributed by atoms with Gasteiger partial charge in [-0.25, -0.2) is 4.98 Å². The minimum absolute atomic E-state index is 0.0551. The fourth-order valence-corrected chi connectivity index (χ4v) is 2.90. The summed E-state index contributed by atoms with van der Waals surface area (Å²) in [6.07, 6.45) is 1.77. The molecule has 0 bridgehead atoms. The first kappa shape index (κ1) is 17.9. The van der Waals surface area contributed by atoms with Crippen molar-refractivity contribution in [3.63, 3.8) is 0 Å². The molecular formula is C22H26N4. The maximum absolute atomic E-state index is 4.62. The number of nitrogens with zero attached hydrogens (tertiary/aromatic N) is 2. The second kappa shape index (κ2) is 7.56. The van der Waals surface area contributed by atoms with Gasteiger partial charge in [0.05, 0.1) is 6.04 Å². The average molecular weight is 346 g/mol. The van der Waals surface area contributed by atoms with Gasteiger partial charge in [-0.3, -0.25) is 0 Å². The van der Waals surface area contributed by atoms with Crippen LogP contribution in [0.4, 0.5) is 17.5 Å². The van der Waals surface area contributed by atoms with Crippen molar-refractivity contribution in [1.29, 1.82) is 0 Å². The predicted molar refractivity (Wildman–Crippen MR) is 109 cm³/mol. The normalized spacial score (nSPS) is 12.5. The monoisotopic (exact) mass is 346 g/mol. The summed E-state index contributed by atoms with van der Waals surface area (Å²) in [7, 11) is 0. The van der Waals surface area contributed by atoms with E-state index in [0.717, 1.165) is 11.5 Å². The van der Waals surface area contributed by atoms with E-state index in [1.165, 1.54) is 11.1 Å². The van der Waals surface area contributed by atoms with Gasteiger partial charge in [-0.05, 0) is 35.6 Å². The van der Waals surface area contributed by atoms with E-state index in [1.807, 2.05) is 30.3 Å². The van der Waals surface area contributed by atoms with Crippen molar-refractivity contribution in [1.82, 2.24) is 9.97 Å². The molecule has 1 aromatic heterocycles. The molecule has 3 aromatic rings. The van der Waals surface area contributed by atoms with Crippen LogP contribution in [0.1, 0.15) is 44.9 Å². The molecule has 1 unspecified atom stereocenters. The van der Waals surface area contributed by atoms with Crippen molar-refractivity contribution in [3.05, 3.63) is 78.0 Å². The first-order valence-electron chi connectivity index (χ1n) is 8.94. The van der Waals surface area contributed by atoms with Crippen LogP contribution in [0.3, 0.4) is 0 Å². The molecule has 26 heavy (non-hydrogen) atoms. The predicted octanol–water partition coefficient (Wildman–Crippen LogP) is 5.69. The van der Waals surface area contributed by atoms with Gasteiger partial charge in [0.2, 0.25) is 5.95 Å². The number of benzene rings is 2. The first-order valence-corrected chi connectivity index (χ1v) is 8.94. The lowest BCUT2D eigenvalue weighted by atomic mass is 9.86. The Morgan fingerprint density at radius 3 is 2.31 bits per heavy atom. The maximum Gasteiger partial charge on any atom is 0.225 e. The molecule has 4 heteroatoms. The van der Waals surface area contributed by atoms with E-state index >= 15 is 0 Å². The smallest absolute Gasteiger partial charge is 0.225 e. The molecule has 0 radical (unpaired) electrons. The minimum Gasteiger partial charge on any atom is -0.348 e. The molecule has 0 aliphatic heterocycles. The molecule has 0 aliphatic rings. The molecule has 0 fully saturated rings. The molecule has 0 spiro atoms. The molecule has 0 aliphatic carbocycles. The van der Waals surface area contributed by atoms with Crippen LogP contribution in [0.15, 0.2) is 66.9 Å². The van der Waals surface area contributed by atoms with Gasteiger partial charge >= 0.3 is 0 Å². The Morgan fingerprint density at radius 1 is 0.885 bits per heavy atom. The zero-order valence-electron chi connectivity index (χ0n) is 15.8. The molecule has 2 N–H and O–H groups in total. The van der Waals surface area contributed by atoms with Gasteiger partial charge in [0, 0.05) is 11.9 Å². The highest BCUT2D eigenvalue weighted by Gasteiger charge is 2.17. The highest BCUT2D eigenvalue weighted by molar-refractivity contribution is 5.62. The molecule has 3 rings (SSSR count). The van der Waals surface area contributed by atoms with Crippen molar-refractivity contribution < 1.29 is 0 Å². The number of rotatable bonds is 5. The summed E-state index contributed by atoms with van der Waals surface area (Å²) >= 11 is 0. The lowest BCUT2D eigenvalue weighted by Crippen LogP contribution is -2.14. The van der Waals surface area contributed by atoms with Gasteiger partial charge in [-0.15, -0.1) is 0 Å². The van der Waals surface area contributed by atoms with E-state index in [-0.39, 0.29) is 11.5 Å². The van der Waals surface area contributed by atoms with E-state index in [4.69, 9.17) is 0 Å². The van der Waals surface area contributed by atoms with Crippen LogP contribution in [0.5, 0.6) is 0 Å². The first-order chi connectivity index (χ1) is 12.4. The van der Waals surface area contributed by atoms with Crippen LogP contribution in [0.2, 0.25) is 0 Å². The summed E-state index contributed by atoms with van der Waals surface area (Å²) in [5, 5.41) is 6.81. The summed E-state index contributed by atoms with van der Waals surface area (Å²) < 4.78 is 0. The maximum atomic E-state index is 4.62.